The van der Waals surface area contributed by atoms with Crippen LogP contribution in [0.25, 0.3) is 0 Å². The zero-order valence-electron chi connectivity index (χ0n) is 12.5. The summed E-state index contributed by atoms with van der Waals surface area (Å²) in [4.78, 5) is 11.9. The Balaban J connectivity index is 0.00000200. The first-order valence-electron chi connectivity index (χ1n) is 7.09. The number of halogens is 1. The van der Waals surface area contributed by atoms with Crippen molar-refractivity contribution in [1.29, 1.82) is 0 Å². The molecule has 0 aromatic heterocycles. The SMILES string of the molecule is CC(C)(C)c1ccc(NC(=O)CC2CCCN2)cc1.Cl. The predicted molar refractivity (Wildman–Crippen MR) is 86.7 cm³/mol. The molecule has 112 valence electrons. The lowest BCUT2D eigenvalue weighted by Crippen LogP contribution is -2.27. The third kappa shape index (κ3) is 4.80. The van der Waals surface area contributed by atoms with Crippen LogP contribution in [0.1, 0.15) is 45.6 Å². The molecule has 0 aliphatic carbocycles. The Labute approximate surface area is 127 Å². The lowest BCUT2D eigenvalue weighted by Gasteiger charge is -2.19. The molecule has 1 aliphatic rings. The Morgan fingerprint density at radius 2 is 1.95 bits per heavy atom. The van der Waals surface area contributed by atoms with Crippen LogP contribution in [0.3, 0.4) is 0 Å². The molecule has 1 atom stereocenters. The van der Waals surface area contributed by atoms with E-state index in [2.05, 4.69) is 43.5 Å². The lowest BCUT2D eigenvalue weighted by molar-refractivity contribution is -0.116. The van der Waals surface area contributed by atoms with E-state index in [0.717, 1.165) is 18.7 Å². The topological polar surface area (TPSA) is 41.1 Å². The van der Waals surface area contributed by atoms with Gasteiger partial charge in [-0.2, -0.15) is 0 Å². The van der Waals surface area contributed by atoms with E-state index in [4.69, 9.17) is 0 Å². The number of nitrogens with one attached hydrogen (secondary N) is 2. The van der Waals surface area contributed by atoms with Crippen LogP contribution in [-0.4, -0.2) is 18.5 Å². The van der Waals surface area contributed by atoms with E-state index >= 15 is 0 Å². The van der Waals surface area contributed by atoms with E-state index in [0.29, 0.717) is 12.5 Å². The fourth-order valence-electron chi connectivity index (χ4n) is 2.42. The van der Waals surface area contributed by atoms with Crippen LogP contribution in [0, 0.1) is 0 Å². The van der Waals surface area contributed by atoms with Gasteiger partial charge in [-0.1, -0.05) is 32.9 Å². The molecule has 1 unspecified atom stereocenters. The minimum Gasteiger partial charge on any atom is -0.326 e. The highest BCUT2D eigenvalue weighted by Crippen LogP contribution is 2.23. The first-order valence-corrected chi connectivity index (χ1v) is 7.09. The molecule has 1 amide bonds. The predicted octanol–water partition coefficient (Wildman–Crippen LogP) is 3.49. The first kappa shape index (κ1) is 17.0. The molecular weight excluding hydrogens is 272 g/mol. The van der Waals surface area contributed by atoms with Gasteiger partial charge >= 0.3 is 0 Å². The molecule has 0 bridgehead atoms. The Morgan fingerprint density at radius 3 is 2.45 bits per heavy atom. The van der Waals surface area contributed by atoms with Gasteiger partial charge < -0.3 is 10.6 Å². The number of anilines is 1. The van der Waals surface area contributed by atoms with Gasteiger partial charge in [0.2, 0.25) is 5.91 Å². The normalized spacial score (nSPS) is 18.4. The van der Waals surface area contributed by atoms with Crippen molar-refractivity contribution >= 4 is 24.0 Å². The molecule has 3 nitrogen and oxygen atoms in total. The van der Waals surface area contributed by atoms with Gasteiger partial charge in [-0.05, 0) is 42.5 Å². The van der Waals surface area contributed by atoms with Gasteiger partial charge in [0.05, 0.1) is 0 Å². The Bertz CT molecular complexity index is 431. The molecule has 20 heavy (non-hydrogen) atoms. The van der Waals surface area contributed by atoms with Crippen molar-refractivity contribution in [2.45, 2.75) is 51.5 Å². The summed E-state index contributed by atoms with van der Waals surface area (Å²) in [7, 11) is 0. The third-order valence-electron chi connectivity index (χ3n) is 3.63. The smallest absolute Gasteiger partial charge is 0.225 e. The lowest BCUT2D eigenvalue weighted by atomic mass is 9.87. The number of benzene rings is 1. The quantitative estimate of drug-likeness (QED) is 0.896. The van der Waals surface area contributed by atoms with Gasteiger partial charge in [0.1, 0.15) is 0 Å². The largest absolute Gasteiger partial charge is 0.326 e. The van der Waals surface area contributed by atoms with Crippen LogP contribution in [0.4, 0.5) is 5.69 Å². The molecule has 2 N–H and O–H groups in total. The minimum atomic E-state index is 0. The summed E-state index contributed by atoms with van der Waals surface area (Å²) in [5.41, 5.74) is 2.31. The van der Waals surface area contributed by atoms with Crippen molar-refractivity contribution in [2.24, 2.45) is 0 Å². The van der Waals surface area contributed by atoms with Crippen molar-refractivity contribution in [3.8, 4) is 0 Å². The van der Waals surface area contributed by atoms with Crippen LogP contribution in [0.2, 0.25) is 0 Å². The van der Waals surface area contributed by atoms with Crippen molar-refractivity contribution in [3.05, 3.63) is 29.8 Å². The van der Waals surface area contributed by atoms with Gasteiger partial charge in [-0.3, -0.25) is 4.79 Å². The second kappa shape index (κ2) is 7.09. The number of hydrogen-bond acceptors (Lipinski definition) is 2. The van der Waals surface area contributed by atoms with Gasteiger partial charge in [0, 0.05) is 18.2 Å². The van der Waals surface area contributed by atoms with Gasteiger partial charge in [-0.15, -0.1) is 12.4 Å². The number of rotatable bonds is 3. The van der Waals surface area contributed by atoms with Crippen LogP contribution in [-0.2, 0) is 10.2 Å². The minimum absolute atomic E-state index is 0. The fourth-order valence-corrected chi connectivity index (χ4v) is 2.42. The summed E-state index contributed by atoms with van der Waals surface area (Å²) < 4.78 is 0. The van der Waals surface area contributed by atoms with Gasteiger partial charge in [0.25, 0.3) is 0 Å². The molecule has 1 aromatic rings. The molecule has 2 rings (SSSR count). The van der Waals surface area contributed by atoms with E-state index < -0.39 is 0 Å². The Morgan fingerprint density at radius 1 is 1.30 bits per heavy atom. The molecule has 1 saturated heterocycles. The van der Waals surface area contributed by atoms with Crippen LogP contribution in [0.15, 0.2) is 24.3 Å². The second-order valence-electron chi connectivity index (χ2n) is 6.37. The van der Waals surface area contributed by atoms with Gasteiger partial charge in [0.15, 0.2) is 0 Å². The van der Waals surface area contributed by atoms with E-state index in [1.54, 1.807) is 0 Å². The second-order valence-corrected chi connectivity index (χ2v) is 6.37. The molecule has 1 aliphatic heterocycles. The average Bonchev–Trinajstić information content (AvgIpc) is 2.81. The maximum atomic E-state index is 11.9. The molecular formula is C16H25ClN2O. The van der Waals surface area contributed by atoms with Crippen LogP contribution >= 0.6 is 12.4 Å². The maximum absolute atomic E-state index is 11.9. The maximum Gasteiger partial charge on any atom is 0.225 e. The Hall–Kier alpha value is -1.06. The number of carbonyl (C=O) groups is 1. The molecule has 1 heterocycles. The molecule has 1 fully saturated rings. The summed E-state index contributed by atoms with van der Waals surface area (Å²) in [6, 6.07) is 8.50. The van der Waals surface area contributed by atoms with E-state index in [-0.39, 0.29) is 23.7 Å². The summed E-state index contributed by atoms with van der Waals surface area (Å²) in [5, 5.41) is 6.31. The number of hydrogen-bond donors (Lipinski definition) is 2. The first-order chi connectivity index (χ1) is 8.95. The van der Waals surface area contributed by atoms with Crippen molar-refractivity contribution in [2.75, 3.05) is 11.9 Å². The Kier molecular flexibility index (Phi) is 6.03. The van der Waals surface area contributed by atoms with E-state index in [1.165, 1.54) is 12.0 Å². The highest BCUT2D eigenvalue weighted by Gasteiger charge is 2.18. The van der Waals surface area contributed by atoms with E-state index in [9.17, 15) is 4.79 Å². The highest BCUT2D eigenvalue weighted by molar-refractivity contribution is 5.91. The molecule has 1 aromatic carbocycles. The summed E-state index contributed by atoms with van der Waals surface area (Å²) in [6.45, 7) is 7.60. The number of carbonyl (C=O) groups excluding carboxylic acids is 1. The summed E-state index contributed by atoms with van der Waals surface area (Å²) >= 11 is 0. The summed E-state index contributed by atoms with van der Waals surface area (Å²) in [5.74, 6) is 0.0999. The van der Waals surface area contributed by atoms with Crippen molar-refractivity contribution in [3.63, 3.8) is 0 Å². The monoisotopic (exact) mass is 296 g/mol. The highest BCUT2D eigenvalue weighted by atomic mass is 35.5. The number of amides is 1. The average molecular weight is 297 g/mol. The molecule has 0 radical (unpaired) electrons. The third-order valence-corrected chi connectivity index (χ3v) is 3.63. The van der Waals surface area contributed by atoms with Crippen LogP contribution in [0.5, 0.6) is 0 Å². The summed E-state index contributed by atoms with van der Waals surface area (Å²) in [6.07, 6.45) is 2.86. The standard InChI is InChI=1S/C16H24N2O.ClH/c1-16(2,3)12-6-8-13(9-7-12)18-15(19)11-14-5-4-10-17-14;/h6-9,14,17H,4-5,10-11H2,1-3H3,(H,18,19);1H. The fraction of sp³-hybridized carbons (Fsp3) is 0.562. The molecule has 0 saturated carbocycles. The van der Waals surface area contributed by atoms with Crippen LogP contribution < -0.4 is 10.6 Å². The van der Waals surface area contributed by atoms with Crippen molar-refractivity contribution in [1.82, 2.24) is 5.32 Å². The zero-order chi connectivity index (χ0) is 13.9. The zero-order valence-corrected chi connectivity index (χ0v) is 13.3. The molecule has 0 spiro atoms. The van der Waals surface area contributed by atoms with E-state index in [1.807, 2.05) is 12.1 Å². The molecule has 4 heteroatoms. The van der Waals surface area contributed by atoms with Gasteiger partial charge in [-0.25, -0.2) is 0 Å². The van der Waals surface area contributed by atoms with Crippen molar-refractivity contribution < 1.29 is 4.79 Å².